The van der Waals surface area contributed by atoms with Crippen molar-refractivity contribution in [2.75, 3.05) is 0 Å². The Morgan fingerprint density at radius 3 is 2.18 bits per heavy atom. The maximum atomic E-state index is 6.26. The van der Waals surface area contributed by atoms with E-state index in [1.165, 1.54) is 50.6 Å². The van der Waals surface area contributed by atoms with Gasteiger partial charge >= 0.3 is 0 Å². The van der Waals surface area contributed by atoms with Gasteiger partial charge in [-0.3, -0.25) is 0 Å². The quantitative estimate of drug-likeness (QED) is 0.565. The monoisotopic (exact) mass is 362 g/mol. The van der Waals surface area contributed by atoms with Gasteiger partial charge in [-0.05, 0) is 48.3 Å². The highest BCUT2D eigenvalue weighted by Gasteiger charge is 2.27. The van der Waals surface area contributed by atoms with E-state index in [2.05, 4.69) is 27.6 Å². The summed E-state index contributed by atoms with van der Waals surface area (Å²) in [5.74, 6) is 2.20. The molecule has 2 aliphatic rings. The van der Waals surface area contributed by atoms with Gasteiger partial charge in [0.15, 0.2) is 0 Å². The average Bonchev–Trinajstić information content (AvgIpc) is 2.73. The number of aromatic nitrogens is 2. The van der Waals surface area contributed by atoms with Crippen molar-refractivity contribution in [1.29, 1.82) is 0 Å². The first-order valence-electron chi connectivity index (χ1n) is 6.48. The van der Waals surface area contributed by atoms with E-state index in [9.17, 15) is 0 Å². The Morgan fingerprint density at radius 1 is 0.941 bits per heavy atom. The second-order valence-corrected chi connectivity index (χ2v) is 6.62. The summed E-state index contributed by atoms with van der Waals surface area (Å²) in [6.45, 7) is 0. The molecule has 2 saturated carbocycles. The molecule has 2 nitrogen and oxygen atoms in total. The van der Waals surface area contributed by atoms with E-state index < -0.39 is 0 Å². The molecule has 4 heteroatoms. The summed E-state index contributed by atoms with van der Waals surface area (Å²) in [5, 5.41) is 0.671. The van der Waals surface area contributed by atoms with Crippen molar-refractivity contribution >= 4 is 34.2 Å². The maximum Gasteiger partial charge on any atom is 0.146 e. The molecule has 2 fully saturated rings. The maximum absolute atomic E-state index is 6.26. The summed E-state index contributed by atoms with van der Waals surface area (Å²) in [4.78, 5) is 9.31. The molecule has 0 N–H and O–H groups in total. The van der Waals surface area contributed by atoms with E-state index >= 15 is 0 Å². The van der Waals surface area contributed by atoms with Gasteiger partial charge in [-0.2, -0.15) is 0 Å². The minimum atomic E-state index is 0.574. The summed E-state index contributed by atoms with van der Waals surface area (Å²) in [5.41, 5.74) is 1.23. The van der Waals surface area contributed by atoms with E-state index in [1.807, 2.05) is 0 Å². The van der Waals surface area contributed by atoms with Gasteiger partial charge < -0.3 is 0 Å². The van der Waals surface area contributed by atoms with E-state index in [4.69, 9.17) is 16.6 Å². The molecule has 17 heavy (non-hydrogen) atoms. The van der Waals surface area contributed by atoms with Crippen LogP contribution in [0.2, 0.25) is 5.15 Å². The molecule has 2 aliphatic carbocycles. The lowest BCUT2D eigenvalue weighted by Crippen LogP contribution is -2.15. The van der Waals surface area contributed by atoms with Crippen LogP contribution in [0.5, 0.6) is 0 Å². The van der Waals surface area contributed by atoms with Crippen molar-refractivity contribution in [3.8, 4) is 0 Å². The van der Waals surface area contributed by atoms with Crippen molar-refractivity contribution < 1.29 is 0 Å². The van der Waals surface area contributed by atoms with Gasteiger partial charge in [0.05, 0.1) is 9.26 Å². The van der Waals surface area contributed by atoms with Crippen LogP contribution >= 0.6 is 34.2 Å². The molecule has 1 aromatic heterocycles. The van der Waals surface area contributed by atoms with Gasteiger partial charge in [0.2, 0.25) is 0 Å². The Bertz CT molecular complexity index is 426. The molecule has 0 amide bonds. The second kappa shape index (κ2) is 5.00. The third-order valence-electron chi connectivity index (χ3n) is 4.07. The molecule has 0 aromatic carbocycles. The molecule has 0 radical (unpaired) electrons. The minimum absolute atomic E-state index is 0.574. The van der Waals surface area contributed by atoms with Gasteiger partial charge in [0.25, 0.3) is 0 Å². The van der Waals surface area contributed by atoms with Crippen LogP contribution in [0.1, 0.15) is 68.3 Å². The third-order valence-corrected chi connectivity index (χ3v) is 5.72. The van der Waals surface area contributed by atoms with Gasteiger partial charge in [0, 0.05) is 11.8 Å². The van der Waals surface area contributed by atoms with Crippen LogP contribution in [-0.2, 0) is 0 Å². The largest absolute Gasteiger partial charge is 0.236 e. The van der Waals surface area contributed by atoms with Gasteiger partial charge in [-0.25, -0.2) is 9.97 Å². The molecule has 0 aliphatic heterocycles. The normalized spacial score (nSPS) is 21.8. The number of hydrogen-bond donors (Lipinski definition) is 0. The predicted octanol–water partition coefficient (Wildman–Crippen LogP) is 4.66. The van der Waals surface area contributed by atoms with E-state index in [1.54, 1.807) is 0 Å². The highest BCUT2D eigenvalue weighted by molar-refractivity contribution is 14.1. The molecule has 0 spiro atoms. The lowest BCUT2D eigenvalue weighted by Gasteiger charge is -2.25. The molecule has 3 rings (SSSR count). The fraction of sp³-hybridized carbons (Fsp3) is 0.692. The Labute approximate surface area is 121 Å². The second-order valence-electron chi connectivity index (χ2n) is 5.18. The molecule has 0 bridgehead atoms. The van der Waals surface area contributed by atoms with Gasteiger partial charge in [0.1, 0.15) is 11.0 Å². The van der Waals surface area contributed by atoms with Crippen LogP contribution in [0.25, 0.3) is 0 Å². The van der Waals surface area contributed by atoms with Crippen LogP contribution < -0.4 is 0 Å². The molecular weight excluding hydrogens is 347 g/mol. The number of rotatable bonds is 2. The Kier molecular flexibility index (Phi) is 3.57. The summed E-state index contributed by atoms with van der Waals surface area (Å²) in [7, 11) is 0. The zero-order valence-electron chi connectivity index (χ0n) is 9.75. The lowest BCUT2D eigenvalue weighted by molar-refractivity contribution is 0.399. The van der Waals surface area contributed by atoms with Crippen molar-refractivity contribution in [1.82, 2.24) is 9.97 Å². The van der Waals surface area contributed by atoms with E-state index in [0.717, 1.165) is 9.39 Å². The van der Waals surface area contributed by atoms with Crippen molar-refractivity contribution in [2.45, 2.75) is 56.8 Å². The fourth-order valence-electron chi connectivity index (χ4n) is 2.77. The molecular formula is C13H16ClIN2. The molecule has 92 valence electrons. The number of halogens is 2. The number of nitrogens with zero attached hydrogens (tertiary/aromatic N) is 2. The standard InChI is InChI=1S/C13H16ClIN2/c14-12-10(15)11(8-4-1-2-5-8)16-13(17-12)9-6-3-7-9/h8-9H,1-7H2. The summed E-state index contributed by atoms with van der Waals surface area (Å²) >= 11 is 8.57. The van der Waals surface area contributed by atoms with Crippen LogP contribution in [-0.4, -0.2) is 9.97 Å². The SMILES string of the molecule is Clc1nc(C2CCC2)nc(C2CCCC2)c1I. The van der Waals surface area contributed by atoms with Gasteiger partial charge in [-0.1, -0.05) is 30.9 Å². The zero-order chi connectivity index (χ0) is 11.8. The molecule has 0 atom stereocenters. The first kappa shape index (κ1) is 12.2. The van der Waals surface area contributed by atoms with Crippen LogP contribution in [0, 0.1) is 3.57 Å². The Hall–Kier alpha value is 0.100. The topological polar surface area (TPSA) is 25.8 Å². The number of hydrogen-bond acceptors (Lipinski definition) is 2. The smallest absolute Gasteiger partial charge is 0.146 e. The molecule has 0 saturated heterocycles. The highest BCUT2D eigenvalue weighted by Crippen LogP contribution is 2.40. The Balaban J connectivity index is 1.96. The van der Waals surface area contributed by atoms with E-state index in [-0.39, 0.29) is 0 Å². The van der Waals surface area contributed by atoms with E-state index in [0.29, 0.717) is 17.0 Å². The van der Waals surface area contributed by atoms with Crippen LogP contribution in [0.4, 0.5) is 0 Å². The third kappa shape index (κ3) is 2.33. The van der Waals surface area contributed by atoms with Crippen molar-refractivity contribution in [2.24, 2.45) is 0 Å². The predicted molar refractivity (Wildman–Crippen MR) is 77.6 cm³/mol. The molecule has 1 heterocycles. The van der Waals surface area contributed by atoms with Crippen LogP contribution in [0.3, 0.4) is 0 Å². The summed E-state index contributed by atoms with van der Waals surface area (Å²) in [6, 6.07) is 0. The fourth-order valence-corrected chi connectivity index (χ4v) is 3.64. The van der Waals surface area contributed by atoms with Gasteiger partial charge in [-0.15, -0.1) is 0 Å². The molecule has 0 unspecified atom stereocenters. The van der Waals surface area contributed by atoms with Crippen molar-refractivity contribution in [3.05, 3.63) is 20.2 Å². The highest BCUT2D eigenvalue weighted by atomic mass is 127. The minimum Gasteiger partial charge on any atom is -0.236 e. The average molecular weight is 363 g/mol. The molecule has 1 aromatic rings. The summed E-state index contributed by atoms with van der Waals surface area (Å²) < 4.78 is 1.08. The van der Waals surface area contributed by atoms with Crippen molar-refractivity contribution in [3.63, 3.8) is 0 Å². The zero-order valence-corrected chi connectivity index (χ0v) is 12.7. The lowest BCUT2D eigenvalue weighted by atomic mass is 9.84. The van der Waals surface area contributed by atoms with Crippen LogP contribution in [0.15, 0.2) is 0 Å². The summed E-state index contributed by atoms with van der Waals surface area (Å²) in [6.07, 6.45) is 9.00. The Morgan fingerprint density at radius 2 is 1.59 bits per heavy atom. The first-order chi connectivity index (χ1) is 8.25. The first-order valence-corrected chi connectivity index (χ1v) is 7.94.